The predicted octanol–water partition coefficient (Wildman–Crippen LogP) is 0.598. The first-order valence-electron chi connectivity index (χ1n) is 5.23. The topological polar surface area (TPSA) is 59.0 Å². The van der Waals surface area contributed by atoms with Crippen LogP contribution in [-0.2, 0) is 7.05 Å². The normalized spacial score (nSPS) is 24.7. The van der Waals surface area contributed by atoms with Crippen LogP contribution in [0.25, 0.3) is 0 Å². The standard InChI is InChI=1S/C10H15ClN4O/c1-10(3-4-12-6-10)14-7-5-13-15(2)9(16)8(7)11/h5,12,14H,3-4,6H2,1-2H3. The van der Waals surface area contributed by atoms with Crippen LogP contribution in [0.1, 0.15) is 13.3 Å². The molecule has 5 nitrogen and oxygen atoms in total. The Morgan fingerprint density at radius 2 is 2.44 bits per heavy atom. The molecule has 1 aliphatic rings. The summed E-state index contributed by atoms with van der Waals surface area (Å²) in [4.78, 5) is 11.6. The van der Waals surface area contributed by atoms with Gasteiger partial charge in [-0.1, -0.05) is 11.6 Å². The smallest absolute Gasteiger partial charge is 0.287 e. The molecule has 6 heteroatoms. The quantitative estimate of drug-likeness (QED) is 0.798. The molecule has 88 valence electrons. The van der Waals surface area contributed by atoms with Gasteiger partial charge >= 0.3 is 0 Å². The van der Waals surface area contributed by atoms with Crippen molar-refractivity contribution in [2.45, 2.75) is 18.9 Å². The van der Waals surface area contributed by atoms with Crippen molar-refractivity contribution in [3.05, 3.63) is 21.6 Å². The zero-order valence-corrected chi connectivity index (χ0v) is 10.1. The molecule has 0 aliphatic carbocycles. The highest BCUT2D eigenvalue weighted by atomic mass is 35.5. The third-order valence-corrected chi connectivity index (χ3v) is 3.25. The molecule has 2 heterocycles. The monoisotopic (exact) mass is 242 g/mol. The Balaban J connectivity index is 2.28. The fraction of sp³-hybridized carbons (Fsp3) is 0.600. The molecule has 1 unspecified atom stereocenters. The molecule has 2 rings (SSSR count). The molecule has 0 amide bonds. The molecule has 0 aromatic carbocycles. The van der Waals surface area contributed by atoms with Gasteiger partial charge in [-0.15, -0.1) is 0 Å². The summed E-state index contributed by atoms with van der Waals surface area (Å²) in [6, 6.07) is 0. The van der Waals surface area contributed by atoms with Gasteiger partial charge in [0.2, 0.25) is 0 Å². The molecule has 1 atom stereocenters. The van der Waals surface area contributed by atoms with Gasteiger partial charge in [0, 0.05) is 19.1 Å². The van der Waals surface area contributed by atoms with Gasteiger partial charge in [-0.3, -0.25) is 4.79 Å². The Kier molecular flexibility index (Phi) is 2.90. The van der Waals surface area contributed by atoms with Crippen molar-refractivity contribution in [2.75, 3.05) is 18.4 Å². The highest BCUT2D eigenvalue weighted by Gasteiger charge is 2.29. The minimum absolute atomic E-state index is 0.0579. The van der Waals surface area contributed by atoms with E-state index in [1.54, 1.807) is 13.2 Å². The van der Waals surface area contributed by atoms with E-state index in [-0.39, 0.29) is 16.1 Å². The van der Waals surface area contributed by atoms with E-state index in [0.29, 0.717) is 5.69 Å². The Labute approximate surface area is 98.8 Å². The molecule has 1 saturated heterocycles. The number of hydrogen-bond donors (Lipinski definition) is 2. The zero-order chi connectivity index (χ0) is 11.8. The average molecular weight is 243 g/mol. The van der Waals surface area contributed by atoms with E-state index >= 15 is 0 Å². The Bertz CT molecular complexity index is 451. The van der Waals surface area contributed by atoms with Crippen molar-refractivity contribution in [1.29, 1.82) is 0 Å². The fourth-order valence-electron chi connectivity index (χ4n) is 1.85. The number of nitrogens with zero attached hydrogens (tertiary/aromatic N) is 2. The molecule has 16 heavy (non-hydrogen) atoms. The molecular weight excluding hydrogens is 228 g/mol. The first-order valence-corrected chi connectivity index (χ1v) is 5.60. The van der Waals surface area contributed by atoms with E-state index in [9.17, 15) is 4.79 Å². The number of rotatable bonds is 2. The first kappa shape index (κ1) is 11.4. The molecule has 1 aromatic rings. The van der Waals surface area contributed by atoms with Gasteiger partial charge in [0.05, 0.1) is 11.9 Å². The Morgan fingerprint density at radius 1 is 1.69 bits per heavy atom. The summed E-state index contributed by atoms with van der Waals surface area (Å²) in [5.74, 6) is 0. The lowest BCUT2D eigenvalue weighted by atomic mass is 10.0. The number of aryl methyl sites for hydroxylation is 1. The number of anilines is 1. The van der Waals surface area contributed by atoms with Crippen LogP contribution in [0, 0.1) is 0 Å². The SMILES string of the molecule is Cn1ncc(NC2(C)CCNC2)c(Cl)c1=O. The zero-order valence-electron chi connectivity index (χ0n) is 9.38. The van der Waals surface area contributed by atoms with Crippen molar-refractivity contribution >= 4 is 17.3 Å². The number of nitrogens with one attached hydrogen (secondary N) is 2. The number of aromatic nitrogens is 2. The van der Waals surface area contributed by atoms with Crippen LogP contribution in [0.5, 0.6) is 0 Å². The van der Waals surface area contributed by atoms with Gasteiger partial charge < -0.3 is 10.6 Å². The van der Waals surface area contributed by atoms with Crippen LogP contribution in [0.2, 0.25) is 5.02 Å². The summed E-state index contributed by atoms with van der Waals surface area (Å²) in [5, 5.41) is 10.7. The van der Waals surface area contributed by atoms with E-state index in [4.69, 9.17) is 11.6 Å². The minimum atomic E-state index is -0.277. The summed E-state index contributed by atoms with van der Waals surface area (Å²) in [7, 11) is 1.58. The van der Waals surface area contributed by atoms with Gasteiger partial charge in [-0.05, 0) is 19.9 Å². The summed E-state index contributed by atoms with van der Waals surface area (Å²) < 4.78 is 1.22. The van der Waals surface area contributed by atoms with Gasteiger partial charge in [0.25, 0.3) is 5.56 Å². The van der Waals surface area contributed by atoms with Crippen LogP contribution in [0.3, 0.4) is 0 Å². The van der Waals surface area contributed by atoms with Gasteiger partial charge in [-0.2, -0.15) is 5.10 Å². The maximum absolute atomic E-state index is 11.6. The third-order valence-electron chi connectivity index (χ3n) is 2.88. The fourth-order valence-corrected chi connectivity index (χ4v) is 2.06. The van der Waals surface area contributed by atoms with Crippen LogP contribution in [-0.4, -0.2) is 28.4 Å². The second-order valence-electron chi connectivity index (χ2n) is 4.41. The van der Waals surface area contributed by atoms with E-state index in [1.165, 1.54) is 4.68 Å². The minimum Gasteiger partial charge on any atom is -0.376 e. The van der Waals surface area contributed by atoms with Crippen molar-refractivity contribution in [3.63, 3.8) is 0 Å². The molecule has 0 bridgehead atoms. The van der Waals surface area contributed by atoms with Gasteiger partial charge in [0.1, 0.15) is 5.02 Å². The largest absolute Gasteiger partial charge is 0.376 e. The van der Waals surface area contributed by atoms with Crippen molar-refractivity contribution in [1.82, 2.24) is 15.1 Å². The van der Waals surface area contributed by atoms with Crippen molar-refractivity contribution < 1.29 is 0 Å². The van der Waals surface area contributed by atoms with Crippen LogP contribution >= 0.6 is 11.6 Å². The first-order chi connectivity index (χ1) is 7.52. The molecule has 1 aromatic heterocycles. The van der Waals surface area contributed by atoms with Gasteiger partial charge in [0.15, 0.2) is 0 Å². The van der Waals surface area contributed by atoms with Crippen LogP contribution < -0.4 is 16.2 Å². The number of hydrogen-bond acceptors (Lipinski definition) is 4. The maximum Gasteiger partial charge on any atom is 0.287 e. The Hall–Kier alpha value is -1.07. The lowest BCUT2D eigenvalue weighted by molar-refractivity contribution is 0.565. The molecule has 0 radical (unpaired) electrons. The van der Waals surface area contributed by atoms with E-state index in [0.717, 1.165) is 19.5 Å². The third kappa shape index (κ3) is 2.05. The lowest BCUT2D eigenvalue weighted by Crippen LogP contribution is -2.37. The van der Waals surface area contributed by atoms with Crippen LogP contribution in [0.15, 0.2) is 11.0 Å². The van der Waals surface area contributed by atoms with E-state index < -0.39 is 0 Å². The summed E-state index contributed by atoms with van der Waals surface area (Å²) in [5.41, 5.74) is 0.273. The highest BCUT2D eigenvalue weighted by Crippen LogP contribution is 2.24. The van der Waals surface area contributed by atoms with Gasteiger partial charge in [-0.25, -0.2) is 4.68 Å². The molecule has 1 fully saturated rings. The summed E-state index contributed by atoms with van der Waals surface area (Å²) in [6.07, 6.45) is 2.59. The van der Waals surface area contributed by atoms with Crippen LogP contribution in [0.4, 0.5) is 5.69 Å². The van der Waals surface area contributed by atoms with Crippen molar-refractivity contribution in [3.8, 4) is 0 Å². The van der Waals surface area contributed by atoms with E-state index in [1.807, 2.05) is 0 Å². The predicted molar refractivity (Wildman–Crippen MR) is 64.0 cm³/mol. The molecule has 0 saturated carbocycles. The maximum atomic E-state index is 11.6. The van der Waals surface area contributed by atoms with Crippen molar-refractivity contribution in [2.24, 2.45) is 7.05 Å². The second kappa shape index (κ2) is 4.07. The highest BCUT2D eigenvalue weighted by molar-refractivity contribution is 6.32. The molecule has 2 N–H and O–H groups in total. The second-order valence-corrected chi connectivity index (χ2v) is 4.79. The average Bonchev–Trinajstić information content (AvgIpc) is 2.67. The number of halogens is 1. The molecule has 0 spiro atoms. The Morgan fingerprint density at radius 3 is 3.06 bits per heavy atom. The summed E-state index contributed by atoms with van der Waals surface area (Å²) >= 11 is 5.98. The summed E-state index contributed by atoms with van der Waals surface area (Å²) in [6.45, 7) is 3.93. The molecular formula is C10H15ClN4O. The molecule has 1 aliphatic heterocycles. The lowest BCUT2D eigenvalue weighted by Gasteiger charge is -2.26. The van der Waals surface area contributed by atoms with E-state index in [2.05, 4.69) is 22.7 Å².